The maximum Gasteiger partial charge on any atom is 0.326 e. The highest BCUT2D eigenvalue weighted by atomic mass is 16.5. The highest BCUT2D eigenvalue weighted by molar-refractivity contribution is 6.13. The molecule has 20 heavy (non-hydrogen) atoms. The zero-order valence-corrected chi connectivity index (χ0v) is 10.6. The second-order valence-electron chi connectivity index (χ2n) is 4.35. The first-order valence-electron chi connectivity index (χ1n) is 6.22. The number of anilines is 1. The Kier molecular flexibility index (Phi) is 3.30. The number of hydrogen-bond donors (Lipinski definition) is 2. The van der Waals surface area contributed by atoms with Crippen LogP contribution >= 0.6 is 0 Å². The van der Waals surface area contributed by atoms with Gasteiger partial charge in [-0.1, -0.05) is 0 Å². The molecular weight excluding hydrogens is 262 g/mol. The third-order valence-electron chi connectivity index (χ3n) is 2.97. The molecule has 0 radical (unpaired) electrons. The van der Waals surface area contributed by atoms with Gasteiger partial charge in [0, 0.05) is 19.3 Å². The number of nitrogens with zero attached hydrogens (tertiary/aromatic N) is 3. The fourth-order valence-electron chi connectivity index (χ4n) is 1.99. The summed E-state index contributed by atoms with van der Waals surface area (Å²) in [6.45, 7) is 2.76. The first-order chi connectivity index (χ1) is 9.72. The molecule has 0 aromatic carbocycles. The van der Waals surface area contributed by atoms with E-state index in [0.717, 1.165) is 13.1 Å². The largest absolute Gasteiger partial charge is 0.378 e. The highest BCUT2D eigenvalue weighted by Gasteiger charge is 2.23. The van der Waals surface area contributed by atoms with E-state index >= 15 is 0 Å². The SMILES string of the molecule is O=C1NC(=O)/C(=C\c2ccnc(N3CCOCC3)n2)N1. The summed E-state index contributed by atoms with van der Waals surface area (Å²) in [5.74, 6) is 0.133. The van der Waals surface area contributed by atoms with E-state index in [-0.39, 0.29) is 5.70 Å². The van der Waals surface area contributed by atoms with Gasteiger partial charge in [0.05, 0.1) is 18.9 Å². The van der Waals surface area contributed by atoms with Gasteiger partial charge in [0.2, 0.25) is 5.95 Å². The van der Waals surface area contributed by atoms with Gasteiger partial charge in [0.15, 0.2) is 0 Å². The number of urea groups is 1. The van der Waals surface area contributed by atoms with E-state index < -0.39 is 11.9 Å². The fraction of sp³-hybridized carbons (Fsp3) is 0.333. The van der Waals surface area contributed by atoms with Crippen LogP contribution in [0.5, 0.6) is 0 Å². The molecule has 0 spiro atoms. The lowest BCUT2D eigenvalue weighted by Crippen LogP contribution is -2.37. The van der Waals surface area contributed by atoms with E-state index in [2.05, 4.69) is 20.6 Å². The Morgan fingerprint density at radius 1 is 1.25 bits per heavy atom. The van der Waals surface area contributed by atoms with Gasteiger partial charge in [0.25, 0.3) is 5.91 Å². The fourth-order valence-corrected chi connectivity index (χ4v) is 1.99. The van der Waals surface area contributed by atoms with Gasteiger partial charge in [-0.2, -0.15) is 0 Å². The van der Waals surface area contributed by atoms with Crippen LogP contribution in [0.1, 0.15) is 5.69 Å². The molecule has 3 rings (SSSR count). The Labute approximate surface area is 114 Å². The predicted molar refractivity (Wildman–Crippen MR) is 69.7 cm³/mol. The first-order valence-corrected chi connectivity index (χ1v) is 6.22. The van der Waals surface area contributed by atoms with E-state index in [1.807, 2.05) is 4.90 Å². The van der Waals surface area contributed by atoms with Crippen molar-refractivity contribution in [1.82, 2.24) is 20.6 Å². The summed E-state index contributed by atoms with van der Waals surface area (Å²) in [6.07, 6.45) is 3.14. The lowest BCUT2D eigenvalue weighted by molar-refractivity contribution is -0.115. The predicted octanol–water partition coefficient (Wildman–Crippen LogP) is -0.507. The number of morpholine rings is 1. The lowest BCUT2D eigenvalue weighted by atomic mass is 10.3. The Morgan fingerprint density at radius 3 is 2.75 bits per heavy atom. The number of aromatic nitrogens is 2. The molecule has 8 heteroatoms. The minimum atomic E-state index is -0.524. The molecule has 104 valence electrons. The normalized spacial score (nSPS) is 21.0. The average Bonchev–Trinajstić information content (AvgIpc) is 2.78. The molecule has 2 N–H and O–H groups in total. The van der Waals surface area contributed by atoms with Crippen LogP contribution in [-0.4, -0.2) is 48.2 Å². The van der Waals surface area contributed by atoms with Crippen LogP contribution in [0.25, 0.3) is 6.08 Å². The van der Waals surface area contributed by atoms with Gasteiger partial charge >= 0.3 is 6.03 Å². The van der Waals surface area contributed by atoms with Crippen LogP contribution in [0, 0.1) is 0 Å². The maximum atomic E-state index is 11.4. The van der Waals surface area contributed by atoms with Crippen molar-refractivity contribution in [3.05, 3.63) is 23.7 Å². The number of amides is 3. The summed E-state index contributed by atoms with van der Waals surface area (Å²) in [6, 6.07) is 1.15. The van der Waals surface area contributed by atoms with Gasteiger partial charge < -0.3 is 15.0 Å². The lowest BCUT2D eigenvalue weighted by Gasteiger charge is -2.26. The van der Waals surface area contributed by atoms with Crippen molar-refractivity contribution in [2.45, 2.75) is 0 Å². The Balaban J connectivity index is 1.82. The monoisotopic (exact) mass is 275 g/mol. The molecule has 3 amide bonds. The van der Waals surface area contributed by atoms with Crippen LogP contribution < -0.4 is 15.5 Å². The molecule has 0 unspecified atom stereocenters. The van der Waals surface area contributed by atoms with Crippen LogP contribution in [0.3, 0.4) is 0 Å². The van der Waals surface area contributed by atoms with Gasteiger partial charge in [-0.25, -0.2) is 14.8 Å². The van der Waals surface area contributed by atoms with E-state index in [0.29, 0.717) is 24.9 Å². The zero-order valence-electron chi connectivity index (χ0n) is 10.6. The number of ether oxygens (including phenoxy) is 1. The van der Waals surface area contributed by atoms with Crippen LogP contribution in [-0.2, 0) is 9.53 Å². The van der Waals surface area contributed by atoms with Gasteiger partial charge in [-0.05, 0) is 12.1 Å². The summed E-state index contributed by atoms with van der Waals surface area (Å²) in [5, 5.41) is 4.56. The van der Waals surface area contributed by atoms with Crippen molar-refractivity contribution < 1.29 is 14.3 Å². The smallest absolute Gasteiger partial charge is 0.326 e. The van der Waals surface area contributed by atoms with Crippen molar-refractivity contribution in [2.75, 3.05) is 31.2 Å². The molecule has 1 aromatic heterocycles. The van der Waals surface area contributed by atoms with E-state index in [1.165, 1.54) is 6.08 Å². The van der Waals surface area contributed by atoms with Crippen LogP contribution in [0.4, 0.5) is 10.7 Å². The van der Waals surface area contributed by atoms with Gasteiger partial charge in [0.1, 0.15) is 5.70 Å². The number of rotatable bonds is 2. The molecule has 0 saturated carbocycles. The minimum absolute atomic E-state index is 0.182. The molecule has 0 bridgehead atoms. The Bertz CT molecular complexity index is 580. The van der Waals surface area contributed by atoms with E-state index in [9.17, 15) is 9.59 Å². The summed E-state index contributed by atoms with van der Waals surface area (Å²) in [5.41, 5.74) is 0.746. The second-order valence-corrected chi connectivity index (χ2v) is 4.35. The third kappa shape index (κ3) is 2.59. The summed E-state index contributed by atoms with van der Waals surface area (Å²) in [4.78, 5) is 33.1. The number of imide groups is 1. The Hall–Kier alpha value is -2.48. The maximum absolute atomic E-state index is 11.4. The molecule has 0 atom stereocenters. The van der Waals surface area contributed by atoms with E-state index in [1.54, 1.807) is 12.3 Å². The molecule has 1 aromatic rings. The summed E-state index contributed by atoms with van der Waals surface area (Å²) < 4.78 is 5.28. The number of carbonyl (C=O) groups excluding carboxylic acids is 2. The van der Waals surface area contributed by atoms with Crippen molar-refractivity contribution in [2.24, 2.45) is 0 Å². The summed E-state index contributed by atoms with van der Waals surface area (Å²) in [7, 11) is 0. The Morgan fingerprint density at radius 2 is 2.05 bits per heavy atom. The molecule has 2 saturated heterocycles. The molecule has 3 heterocycles. The van der Waals surface area contributed by atoms with Gasteiger partial charge in [-0.3, -0.25) is 10.1 Å². The first kappa shape index (κ1) is 12.5. The van der Waals surface area contributed by atoms with E-state index in [4.69, 9.17) is 4.74 Å². The molecule has 2 aliphatic heterocycles. The molecule has 2 fully saturated rings. The number of nitrogens with one attached hydrogen (secondary N) is 2. The minimum Gasteiger partial charge on any atom is -0.378 e. The van der Waals surface area contributed by atoms with Crippen LogP contribution in [0.15, 0.2) is 18.0 Å². The zero-order chi connectivity index (χ0) is 13.9. The quantitative estimate of drug-likeness (QED) is 0.557. The van der Waals surface area contributed by atoms with Gasteiger partial charge in [-0.15, -0.1) is 0 Å². The van der Waals surface area contributed by atoms with Crippen molar-refractivity contribution in [3.8, 4) is 0 Å². The van der Waals surface area contributed by atoms with Crippen LogP contribution in [0.2, 0.25) is 0 Å². The molecule has 0 aliphatic carbocycles. The standard InChI is InChI=1S/C12H13N5O3/c18-10-9(15-12(19)16-10)7-8-1-2-13-11(14-8)17-3-5-20-6-4-17/h1-2,7H,3-6H2,(H2,15,16,18,19)/b9-7+. The molecule has 2 aliphatic rings. The van der Waals surface area contributed by atoms with Crippen molar-refractivity contribution >= 4 is 24.0 Å². The number of hydrogen-bond acceptors (Lipinski definition) is 6. The molecular formula is C12H13N5O3. The number of carbonyl (C=O) groups is 2. The molecule has 8 nitrogen and oxygen atoms in total. The topological polar surface area (TPSA) is 96.5 Å². The second kappa shape index (κ2) is 5.25. The van der Waals surface area contributed by atoms with Crippen molar-refractivity contribution in [1.29, 1.82) is 0 Å². The highest BCUT2D eigenvalue weighted by Crippen LogP contribution is 2.12. The average molecular weight is 275 g/mol. The summed E-state index contributed by atoms with van der Waals surface area (Å²) >= 11 is 0. The third-order valence-corrected chi connectivity index (χ3v) is 2.97. The van der Waals surface area contributed by atoms with Crippen molar-refractivity contribution in [3.63, 3.8) is 0 Å².